The number of halogens is 1. The van der Waals surface area contributed by atoms with Gasteiger partial charge in [0.05, 0.1) is 36.2 Å². The second-order valence-electron chi connectivity index (χ2n) is 8.68. The summed E-state index contributed by atoms with van der Waals surface area (Å²) < 4.78 is 22.6. The van der Waals surface area contributed by atoms with Gasteiger partial charge in [-0.25, -0.2) is 9.69 Å². The fraction of sp³-hybridized carbons (Fsp3) is 0.200. The molecule has 2 N–H and O–H groups in total. The zero-order valence-corrected chi connectivity index (χ0v) is 24.6. The Balaban J connectivity index is 1.56. The third-order valence-corrected chi connectivity index (χ3v) is 6.47. The first-order valence-electron chi connectivity index (χ1n) is 12.9. The van der Waals surface area contributed by atoms with E-state index in [4.69, 9.17) is 18.9 Å². The number of hydrogen-bond acceptors (Lipinski definition) is 8. The monoisotopic (exact) mass is 637 g/mol. The van der Waals surface area contributed by atoms with Gasteiger partial charge in [0, 0.05) is 0 Å². The normalized spacial score (nSPS) is 14.0. The number of nitrogens with one attached hydrogen (secondary N) is 2. The SMILES string of the molecule is CCOc1ccc(N2C(=O)NC(=O)/C(=C\c3cc(Br)c(OCC(=O)Nc4ccccc4OC)c(OCC)c3)C2=O)cc1. The molecule has 3 aromatic carbocycles. The zero-order valence-electron chi connectivity index (χ0n) is 23.1. The number of para-hydroxylation sites is 2. The van der Waals surface area contributed by atoms with Crippen LogP contribution < -0.4 is 34.5 Å². The molecular formula is C30H28BrN3O8. The van der Waals surface area contributed by atoms with Crippen LogP contribution in [0, 0.1) is 0 Å². The number of carbonyl (C=O) groups excluding carboxylic acids is 4. The van der Waals surface area contributed by atoms with Gasteiger partial charge in [-0.05, 0) is 89.9 Å². The Morgan fingerprint density at radius 1 is 0.952 bits per heavy atom. The lowest BCUT2D eigenvalue weighted by Crippen LogP contribution is -2.54. The van der Waals surface area contributed by atoms with Crippen molar-refractivity contribution in [2.75, 3.05) is 37.1 Å². The lowest BCUT2D eigenvalue weighted by Gasteiger charge is -2.26. The first-order chi connectivity index (χ1) is 20.2. The maximum atomic E-state index is 13.3. The number of urea groups is 1. The molecule has 1 aliphatic rings. The molecule has 4 rings (SSSR count). The topological polar surface area (TPSA) is 132 Å². The van der Waals surface area contributed by atoms with E-state index < -0.39 is 23.8 Å². The second-order valence-corrected chi connectivity index (χ2v) is 9.54. The van der Waals surface area contributed by atoms with Crippen molar-refractivity contribution in [3.05, 3.63) is 76.3 Å². The van der Waals surface area contributed by atoms with Gasteiger partial charge in [0.25, 0.3) is 17.7 Å². The quantitative estimate of drug-likeness (QED) is 0.223. The number of hydrogen-bond donors (Lipinski definition) is 2. The van der Waals surface area contributed by atoms with Crippen molar-refractivity contribution in [1.82, 2.24) is 5.32 Å². The summed E-state index contributed by atoms with van der Waals surface area (Å²) in [7, 11) is 1.50. The Hall–Kier alpha value is -4.84. The van der Waals surface area contributed by atoms with E-state index in [1.807, 2.05) is 6.92 Å². The molecule has 1 aliphatic heterocycles. The predicted octanol–water partition coefficient (Wildman–Crippen LogP) is 4.94. The van der Waals surface area contributed by atoms with Crippen molar-refractivity contribution in [2.45, 2.75) is 13.8 Å². The van der Waals surface area contributed by atoms with Crippen LogP contribution >= 0.6 is 15.9 Å². The first kappa shape index (κ1) is 30.1. The van der Waals surface area contributed by atoms with Crippen LogP contribution in [0.3, 0.4) is 0 Å². The summed E-state index contributed by atoms with van der Waals surface area (Å²) >= 11 is 3.43. The van der Waals surface area contributed by atoms with E-state index in [0.29, 0.717) is 33.8 Å². The Bertz CT molecular complexity index is 1540. The molecule has 0 atom stereocenters. The number of nitrogens with zero attached hydrogens (tertiary/aromatic N) is 1. The predicted molar refractivity (Wildman–Crippen MR) is 159 cm³/mol. The number of imide groups is 2. The lowest BCUT2D eigenvalue weighted by atomic mass is 10.1. The van der Waals surface area contributed by atoms with Crippen LogP contribution in [0.2, 0.25) is 0 Å². The van der Waals surface area contributed by atoms with Gasteiger partial charge in [-0.15, -0.1) is 0 Å². The third-order valence-electron chi connectivity index (χ3n) is 5.88. The smallest absolute Gasteiger partial charge is 0.335 e. The standard InChI is InChI=1S/C30H28BrN3O8/c1-4-40-20-12-10-19(11-13-20)34-29(37)21(28(36)33-30(34)38)14-18-15-22(31)27(25(16-18)41-5-2)42-17-26(35)32-23-8-6-7-9-24(23)39-3/h6-16H,4-5,17H2,1-3H3,(H,32,35)(H,33,36,38)/b21-14+. The highest BCUT2D eigenvalue weighted by atomic mass is 79.9. The average molecular weight is 638 g/mol. The van der Waals surface area contributed by atoms with E-state index in [1.165, 1.54) is 13.2 Å². The molecule has 218 valence electrons. The average Bonchev–Trinajstić information content (AvgIpc) is 2.96. The molecule has 0 spiro atoms. The number of carbonyl (C=O) groups is 4. The molecule has 0 radical (unpaired) electrons. The Labute approximate surface area is 250 Å². The molecule has 3 aromatic rings. The number of amides is 5. The van der Waals surface area contributed by atoms with E-state index in [2.05, 4.69) is 26.6 Å². The van der Waals surface area contributed by atoms with Gasteiger partial charge >= 0.3 is 6.03 Å². The van der Waals surface area contributed by atoms with Crippen molar-refractivity contribution < 1.29 is 38.1 Å². The molecule has 12 heteroatoms. The molecule has 0 aromatic heterocycles. The Morgan fingerprint density at radius 2 is 1.67 bits per heavy atom. The summed E-state index contributed by atoms with van der Waals surface area (Å²) in [5.41, 5.74) is 0.914. The van der Waals surface area contributed by atoms with Gasteiger partial charge in [-0.3, -0.25) is 19.7 Å². The number of ether oxygens (including phenoxy) is 4. The van der Waals surface area contributed by atoms with Crippen molar-refractivity contribution >= 4 is 57.1 Å². The highest BCUT2D eigenvalue weighted by Crippen LogP contribution is 2.38. The van der Waals surface area contributed by atoms with Crippen LogP contribution in [0.4, 0.5) is 16.2 Å². The maximum Gasteiger partial charge on any atom is 0.335 e. The van der Waals surface area contributed by atoms with Gasteiger partial charge in [0.15, 0.2) is 18.1 Å². The van der Waals surface area contributed by atoms with Crippen LogP contribution in [0.15, 0.2) is 70.7 Å². The van der Waals surface area contributed by atoms with E-state index in [9.17, 15) is 19.2 Å². The van der Waals surface area contributed by atoms with Gasteiger partial charge in [-0.2, -0.15) is 0 Å². The van der Waals surface area contributed by atoms with E-state index in [1.54, 1.807) is 67.6 Å². The highest BCUT2D eigenvalue weighted by molar-refractivity contribution is 9.10. The van der Waals surface area contributed by atoms with Crippen LogP contribution in [-0.2, 0) is 14.4 Å². The molecule has 1 saturated heterocycles. The molecule has 0 unspecified atom stereocenters. The minimum atomic E-state index is -0.863. The zero-order chi connectivity index (χ0) is 30.2. The van der Waals surface area contributed by atoms with Crippen LogP contribution in [0.25, 0.3) is 6.08 Å². The lowest BCUT2D eigenvalue weighted by molar-refractivity contribution is -0.122. The molecule has 11 nitrogen and oxygen atoms in total. The molecular weight excluding hydrogens is 610 g/mol. The number of rotatable bonds is 11. The largest absolute Gasteiger partial charge is 0.495 e. The minimum Gasteiger partial charge on any atom is -0.495 e. The fourth-order valence-corrected chi connectivity index (χ4v) is 4.64. The molecule has 1 heterocycles. The summed E-state index contributed by atoms with van der Waals surface area (Å²) in [5.74, 6) is -0.463. The van der Waals surface area contributed by atoms with Crippen LogP contribution in [-0.4, -0.2) is 50.7 Å². The Kier molecular flexibility index (Phi) is 9.81. The van der Waals surface area contributed by atoms with Gasteiger partial charge in [0.1, 0.15) is 17.1 Å². The van der Waals surface area contributed by atoms with Crippen molar-refractivity contribution in [1.29, 1.82) is 0 Å². The van der Waals surface area contributed by atoms with Gasteiger partial charge < -0.3 is 24.3 Å². The molecule has 0 aliphatic carbocycles. The summed E-state index contributed by atoms with van der Waals surface area (Å²) in [6, 6.07) is 15.6. The number of anilines is 2. The molecule has 42 heavy (non-hydrogen) atoms. The van der Waals surface area contributed by atoms with Crippen molar-refractivity contribution in [3.63, 3.8) is 0 Å². The second kappa shape index (κ2) is 13.7. The first-order valence-corrected chi connectivity index (χ1v) is 13.7. The fourth-order valence-electron chi connectivity index (χ4n) is 4.06. The molecule has 0 saturated carbocycles. The maximum absolute atomic E-state index is 13.3. The van der Waals surface area contributed by atoms with Crippen molar-refractivity contribution in [3.8, 4) is 23.0 Å². The van der Waals surface area contributed by atoms with Gasteiger partial charge in [-0.1, -0.05) is 12.1 Å². The van der Waals surface area contributed by atoms with Crippen LogP contribution in [0.1, 0.15) is 19.4 Å². The summed E-state index contributed by atoms with van der Waals surface area (Å²) in [6.07, 6.45) is 1.34. The van der Waals surface area contributed by atoms with E-state index in [-0.39, 0.29) is 36.0 Å². The highest BCUT2D eigenvalue weighted by Gasteiger charge is 2.37. The number of benzene rings is 3. The summed E-state index contributed by atoms with van der Waals surface area (Å²) in [5, 5.41) is 4.93. The van der Waals surface area contributed by atoms with Crippen LogP contribution in [0.5, 0.6) is 23.0 Å². The molecule has 0 bridgehead atoms. The molecule has 1 fully saturated rings. The van der Waals surface area contributed by atoms with E-state index >= 15 is 0 Å². The number of barbiturate groups is 1. The van der Waals surface area contributed by atoms with E-state index in [0.717, 1.165) is 4.90 Å². The summed E-state index contributed by atoms with van der Waals surface area (Å²) in [4.78, 5) is 52.0. The molecule has 5 amide bonds. The van der Waals surface area contributed by atoms with Crippen molar-refractivity contribution in [2.24, 2.45) is 0 Å². The third kappa shape index (κ3) is 6.89. The minimum absolute atomic E-state index is 0.250. The Morgan fingerprint density at radius 3 is 2.36 bits per heavy atom. The summed E-state index contributed by atoms with van der Waals surface area (Å²) in [6.45, 7) is 4.01. The number of methoxy groups -OCH3 is 1. The van der Waals surface area contributed by atoms with Gasteiger partial charge in [0.2, 0.25) is 0 Å².